The van der Waals surface area contributed by atoms with Crippen LogP contribution in [0.25, 0.3) is 0 Å². The Kier molecular flexibility index (Phi) is 8.20. The van der Waals surface area contributed by atoms with Gasteiger partial charge in [0.15, 0.2) is 0 Å². The molecule has 1 fully saturated rings. The smallest absolute Gasteiger partial charge is 0.222 e. The molecular formula is C20H31ClN2O2. The Balaban J connectivity index is 1.75. The second kappa shape index (κ2) is 10.1. The van der Waals surface area contributed by atoms with Crippen LogP contribution in [0.2, 0.25) is 5.02 Å². The minimum Gasteiger partial charge on any atom is -0.385 e. The Labute approximate surface area is 157 Å². The van der Waals surface area contributed by atoms with Crippen LogP contribution in [0.15, 0.2) is 24.3 Å². The average Bonchev–Trinajstić information content (AvgIpc) is 2.59. The topological polar surface area (TPSA) is 32.8 Å². The number of ether oxygens (including phenoxy) is 1. The lowest BCUT2D eigenvalue weighted by Crippen LogP contribution is -2.58. The molecule has 2 atom stereocenters. The molecule has 0 radical (unpaired) electrons. The summed E-state index contributed by atoms with van der Waals surface area (Å²) >= 11 is 5.91. The van der Waals surface area contributed by atoms with Crippen LogP contribution in [0.3, 0.4) is 0 Å². The first kappa shape index (κ1) is 20.2. The summed E-state index contributed by atoms with van der Waals surface area (Å²) in [5, 5.41) is 0.756. The van der Waals surface area contributed by atoms with Crippen LogP contribution in [-0.2, 0) is 16.0 Å². The SMILES string of the molecule is COCCCN1C(C)CN(C(=O)CCCc2ccc(Cl)cc2)CC1C. The maximum absolute atomic E-state index is 12.6. The number of halogens is 1. The van der Waals surface area contributed by atoms with Gasteiger partial charge >= 0.3 is 0 Å². The molecular weight excluding hydrogens is 336 g/mol. The summed E-state index contributed by atoms with van der Waals surface area (Å²) in [5.41, 5.74) is 1.24. The summed E-state index contributed by atoms with van der Waals surface area (Å²) in [6.45, 7) is 7.93. The molecule has 1 aromatic carbocycles. The quantitative estimate of drug-likeness (QED) is 0.659. The second-order valence-corrected chi connectivity index (χ2v) is 7.50. The predicted molar refractivity (Wildman–Crippen MR) is 103 cm³/mol. The number of carbonyl (C=O) groups is 1. The summed E-state index contributed by atoms with van der Waals surface area (Å²) in [4.78, 5) is 17.1. The highest BCUT2D eigenvalue weighted by molar-refractivity contribution is 6.30. The molecule has 1 aliphatic heterocycles. The lowest BCUT2D eigenvalue weighted by molar-refractivity contribution is -0.135. The monoisotopic (exact) mass is 366 g/mol. The Bertz CT molecular complexity index is 523. The number of hydrogen-bond donors (Lipinski definition) is 0. The fourth-order valence-electron chi connectivity index (χ4n) is 3.65. The van der Waals surface area contributed by atoms with Gasteiger partial charge in [-0.05, 0) is 50.8 Å². The third kappa shape index (κ3) is 6.28. The van der Waals surface area contributed by atoms with Crippen molar-refractivity contribution in [3.63, 3.8) is 0 Å². The van der Waals surface area contributed by atoms with Gasteiger partial charge in [0.25, 0.3) is 0 Å². The molecule has 1 aromatic rings. The Morgan fingerprint density at radius 3 is 2.40 bits per heavy atom. The third-order valence-electron chi connectivity index (χ3n) is 4.99. The summed E-state index contributed by atoms with van der Waals surface area (Å²) < 4.78 is 5.15. The van der Waals surface area contributed by atoms with Gasteiger partial charge in [-0.25, -0.2) is 0 Å². The molecule has 140 valence electrons. The first-order valence-electron chi connectivity index (χ1n) is 9.28. The molecule has 0 spiro atoms. The Morgan fingerprint density at radius 2 is 1.80 bits per heavy atom. The number of carbonyl (C=O) groups excluding carboxylic acids is 1. The molecule has 5 heteroatoms. The number of amides is 1. The highest BCUT2D eigenvalue weighted by Gasteiger charge is 2.30. The molecule has 25 heavy (non-hydrogen) atoms. The van der Waals surface area contributed by atoms with Crippen molar-refractivity contribution in [2.24, 2.45) is 0 Å². The van der Waals surface area contributed by atoms with Crippen molar-refractivity contribution < 1.29 is 9.53 Å². The summed E-state index contributed by atoms with van der Waals surface area (Å²) in [5.74, 6) is 0.282. The molecule has 1 saturated heterocycles. The number of hydrogen-bond acceptors (Lipinski definition) is 3. The van der Waals surface area contributed by atoms with Crippen LogP contribution in [-0.4, -0.2) is 61.1 Å². The first-order chi connectivity index (χ1) is 12.0. The summed E-state index contributed by atoms with van der Waals surface area (Å²) in [6.07, 6.45) is 3.47. The minimum atomic E-state index is 0.282. The molecule has 1 heterocycles. The van der Waals surface area contributed by atoms with Crippen LogP contribution >= 0.6 is 11.6 Å². The van der Waals surface area contributed by atoms with Gasteiger partial charge in [-0.15, -0.1) is 0 Å². The van der Waals surface area contributed by atoms with Crippen molar-refractivity contribution in [3.05, 3.63) is 34.9 Å². The van der Waals surface area contributed by atoms with Crippen molar-refractivity contribution in [1.29, 1.82) is 0 Å². The standard InChI is InChI=1S/C20H31ClN2O2/c1-16-14-22(15-17(2)23(16)12-5-13-25-3)20(24)7-4-6-18-8-10-19(21)11-9-18/h8-11,16-17H,4-7,12-15H2,1-3H3. The zero-order chi connectivity index (χ0) is 18.2. The zero-order valence-corrected chi connectivity index (χ0v) is 16.5. The number of benzene rings is 1. The van der Waals surface area contributed by atoms with Gasteiger partial charge in [-0.1, -0.05) is 23.7 Å². The van der Waals surface area contributed by atoms with Crippen LogP contribution in [0.5, 0.6) is 0 Å². The van der Waals surface area contributed by atoms with E-state index in [-0.39, 0.29) is 5.91 Å². The minimum absolute atomic E-state index is 0.282. The van der Waals surface area contributed by atoms with Crippen LogP contribution in [0.1, 0.15) is 38.7 Å². The maximum Gasteiger partial charge on any atom is 0.222 e. The number of piperazine rings is 1. The maximum atomic E-state index is 12.6. The molecule has 2 unspecified atom stereocenters. The van der Waals surface area contributed by atoms with Gasteiger partial charge in [-0.2, -0.15) is 0 Å². The molecule has 0 aromatic heterocycles. The van der Waals surface area contributed by atoms with Gasteiger partial charge in [-0.3, -0.25) is 9.69 Å². The lowest BCUT2D eigenvalue weighted by atomic mass is 10.0. The Morgan fingerprint density at radius 1 is 1.16 bits per heavy atom. The number of nitrogens with zero attached hydrogens (tertiary/aromatic N) is 2. The number of rotatable bonds is 8. The second-order valence-electron chi connectivity index (χ2n) is 7.06. The largest absolute Gasteiger partial charge is 0.385 e. The van der Waals surface area contributed by atoms with Gasteiger partial charge < -0.3 is 9.64 Å². The van der Waals surface area contributed by atoms with Crippen LogP contribution < -0.4 is 0 Å². The van der Waals surface area contributed by atoms with E-state index in [1.807, 2.05) is 29.2 Å². The van der Waals surface area contributed by atoms with E-state index in [1.54, 1.807) is 7.11 Å². The van der Waals surface area contributed by atoms with Crippen molar-refractivity contribution in [2.45, 2.75) is 51.6 Å². The normalized spacial score (nSPS) is 21.5. The third-order valence-corrected chi connectivity index (χ3v) is 5.24. The highest BCUT2D eigenvalue weighted by atomic mass is 35.5. The first-order valence-corrected chi connectivity index (χ1v) is 9.66. The van der Waals surface area contributed by atoms with Crippen molar-refractivity contribution in [3.8, 4) is 0 Å². The van der Waals surface area contributed by atoms with Crippen molar-refractivity contribution in [2.75, 3.05) is 33.4 Å². The number of aryl methyl sites for hydroxylation is 1. The molecule has 2 rings (SSSR count). The fourth-order valence-corrected chi connectivity index (χ4v) is 3.77. The predicted octanol–water partition coefficient (Wildman–Crippen LogP) is 3.62. The molecule has 0 aliphatic carbocycles. The van der Waals surface area contributed by atoms with E-state index in [2.05, 4.69) is 18.7 Å². The average molecular weight is 367 g/mol. The van der Waals surface area contributed by atoms with E-state index >= 15 is 0 Å². The Hall–Kier alpha value is -1.10. The zero-order valence-electron chi connectivity index (χ0n) is 15.7. The van der Waals surface area contributed by atoms with Crippen LogP contribution in [0, 0.1) is 0 Å². The molecule has 0 saturated carbocycles. The summed E-state index contributed by atoms with van der Waals surface area (Å²) in [6, 6.07) is 8.70. The molecule has 1 aliphatic rings. The van der Waals surface area contributed by atoms with E-state index in [9.17, 15) is 4.79 Å². The van der Waals surface area contributed by atoms with Crippen molar-refractivity contribution >= 4 is 17.5 Å². The molecule has 0 bridgehead atoms. The van der Waals surface area contributed by atoms with Crippen molar-refractivity contribution in [1.82, 2.24) is 9.80 Å². The van der Waals surface area contributed by atoms with E-state index in [0.717, 1.165) is 50.5 Å². The lowest BCUT2D eigenvalue weighted by Gasteiger charge is -2.44. The number of methoxy groups -OCH3 is 1. The van der Waals surface area contributed by atoms with Gasteiger partial charge in [0.1, 0.15) is 0 Å². The van der Waals surface area contributed by atoms with E-state index in [1.165, 1.54) is 5.56 Å². The van der Waals surface area contributed by atoms with E-state index in [4.69, 9.17) is 16.3 Å². The van der Waals surface area contributed by atoms with E-state index < -0.39 is 0 Å². The van der Waals surface area contributed by atoms with Gasteiger partial charge in [0.05, 0.1) is 0 Å². The van der Waals surface area contributed by atoms with Gasteiger partial charge in [0, 0.05) is 56.9 Å². The van der Waals surface area contributed by atoms with Crippen LogP contribution in [0.4, 0.5) is 0 Å². The van der Waals surface area contributed by atoms with Gasteiger partial charge in [0.2, 0.25) is 5.91 Å². The molecule has 4 nitrogen and oxygen atoms in total. The fraction of sp³-hybridized carbons (Fsp3) is 0.650. The molecule has 1 amide bonds. The molecule has 0 N–H and O–H groups in total. The highest BCUT2D eigenvalue weighted by Crippen LogP contribution is 2.18. The summed E-state index contributed by atoms with van der Waals surface area (Å²) in [7, 11) is 1.74. The van der Waals surface area contributed by atoms with E-state index in [0.29, 0.717) is 18.5 Å².